The second kappa shape index (κ2) is 6.10. The van der Waals surface area contributed by atoms with Gasteiger partial charge in [-0.15, -0.1) is 0 Å². The van der Waals surface area contributed by atoms with Gasteiger partial charge in [0.1, 0.15) is 0 Å². The highest BCUT2D eigenvalue weighted by atomic mass is 32.3. The quantitative estimate of drug-likeness (QED) is 0.572. The van der Waals surface area contributed by atoms with Crippen LogP contribution < -0.4 is 0 Å². The molecule has 0 radical (unpaired) electrons. The van der Waals surface area contributed by atoms with Crippen molar-refractivity contribution < 1.29 is 0 Å². The zero-order chi connectivity index (χ0) is 15.8. The summed E-state index contributed by atoms with van der Waals surface area (Å²) in [6.07, 6.45) is 16.0. The fraction of sp³-hybridized carbons (Fsp3) is 1.00. The van der Waals surface area contributed by atoms with Crippen molar-refractivity contribution in [3.63, 3.8) is 0 Å². The summed E-state index contributed by atoms with van der Waals surface area (Å²) in [5, 5.41) is 0. The molecule has 0 bridgehead atoms. The summed E-state index contributed by atoms with van der Waals surface area (Å²) in [4.78, 5) is 0. The SMILES string of the molecule is CCC(C)C1(C[SH]2(C)(C)CCCC2)CCCC1CC(C)C. The Balaban J connectivity index is 2.29. The van der Waals surface area contributed by atoms with E-state index in [0.29, 0.717) is 5.41 Å². The van der Waals surface area contributed by atoms with E-state index in [1.165, 1.54) is 38.5 Å². The van der Waals surface area contributed by atoms with Crippen molar-refractivity contribution in [1.82, 2.24) is 0 Å². The van der Waals surface area contributed by atoms with E-state index >= 15 is 0 Å². The lowest BCUT2D eigenvalue weighted by Gasteiger charge is -2.59. The highest BCUT2D eigenvalue weighted by Gasteiger charge is 2.51. The van der Waals surface area contributed by atoms with Gasteiger partial charge in [0.15, 0.2) is 0 Å². The van der Waals surface area contributed by atoms with Crippen molar-refractivity contribution in [2.75, 3.05) is 29.8 Å². The van der Waals surface area contributed by atoms with Crippen LogP contribution in [0.2, 0.25) is 0 Å². The molecule has 1 aliphatic heterocycles. The molecule has 0 aromatic rings. The molecule has 1 aliphatic carbocycles. The van der Waals surface area contributed by atoms with Crippen LogP contribution in [0.5, 0.6) is 0 Å². The topological polar surface area (TPSA) is 0 Å². The Bertz CT molecular complexity index is 347. The zero-order valence-electron chi connectivity index (χ0n) is 15.8. The molecule has 21 heavy (non-hydrogen) atoms. The van der Waals surface area contributed by atoms with E-state index < -0.39 is 9.16 Å². The van der Waals surface area contributed by atoms with E-state index in [9.17, 15) is 0 Å². The minimum atomic E-state index is -1.38. The second-order valence-electron chi connectivity index (χ2n) is 10.1. The molecule has 128 valence electrons. The predicted molar refractivity (Wildman–Crippen MR) is 103 cm³/mol. The summed E-state index contributed by atoms with van der Waals surface area (Å²) in [6.45, 7) is 9.91. The molecule has 0 aromatic carbocycles. The maximum absolute atomic E-state index is 2.76. The van der Waals surface area contributed by atoms with Gasteiger partial charge in [0.05, 0.1) is 0 Å². The summed E-state index contributed by atoms with van der Waals surface area (Å²) in [7, 11) is -1.38. The van der Waals surface area contributed by atoms with Crippen molar-refractivity contribution >= 4 is 9.16 Å². The van der Waals surface area contributed by atoms with Gasteiger partial charge in [0.25, 0.3) is 0 Å². The van der Waals surface area contributed by atoms with Crippen molar-refractivity contribution in [3.05, 3.63) is 0 Å². The van der Waals surface area contributed by atoms with Gasteiger partial charge < -0.3 is 0 Å². The fourth-order valence-electron chi connectivity index (χ4n) is 6.09. The average molecular weight is 315 g/mol. The fourth-order valence-corrected chi connectivity index (χ4v) is 12.0. The van der Waals surface area contributed by atoms with Gasteiger partial charge in [-0.1, -0.05) is 40.5 Å². The molecular formula is C20H42S. The van der Waals surface area contributed by atoms with Gasteiger partial charge in [-0.05, 0) is 85.0 Å². The molecule has 1 heterocycles. The molecule has 0 N–H and O–H groups in total. The Labute approximate surface area is 135 Å². The van der Waals surface area contributed by atoms with Crippen LogP contribution >= 0.6 is 9.16 Å². The van der Waals surface area contributed by atoms with Crippen LogP contribution in [-0.2, 0) is 0 Å². The molecule has 0 spiro atoms. The maximum atomic E-state index is 2.76. The molecular weight excluding hydrogens is 272 g/mol. The molecule has 2 rings (SSSR count). The minimum absolute atomic E-state index is 0.699. The van der Waals surface area contributed by atoms with Gasteiger partial charge in [-0.2, -0.15) is 0 Å². The van der Waals surface area contributed by atoms with E-state index in [4.69, 9.17) is 0 Å². The largest absolute Gasteiger partial charge is 0.287 e. The number of hydrogen-bond acceptors (Lipinski definition) is 0. The third kappa shape index (κ3) is 3.65. The predicted octanol–water partition coefficient (Wildman–Crippen LogP) is 5.99. The number of hydrogen-bond donors (Lipinski definition) is 1. The van der Waals surface area contributed by atoms with Crippen molar-refractivity contribution in [2.24, 2.45) is 23.2 Å². The molecule has 0 amide bonds. The lowest BCUT2D eigenvalue weighted by atomic mass is 9.67. The Morgan fingerprint density at radius 3 is 2.19 bits per heavy atom. The van der Waals surface area contributed by atoms with Crippen LogP contribution in [0.3, 0.4) is 0 Å². The van der Waals surface area contributed by atoms with Crippen LogP contribution in [0.15, 0.2) is 0 Å². The molecule has 1 heteroatoms. The monoisotopic (exact) mass is 314 g/mol. The average Bonchev–Trinajstić information content (AvgIpc) is 2.94. The Morgan fingerprint density at radius 1 is 1.05 bits per heavy atom. The van der Waals surface area contributed by atoms with Gasteiger partial charge in [-0.3, -0.25) is 9.16 Å². The maximum Gasteiger partial charge on any atom is -0.0181 e. The number of thiol groups is 1. The molecule has 1 saturated carbocycles. The lowest BCUT2D eigenvalue weighted by molar-refractivity contribution is 0.119. The standard InChI is InChI=1S/C20H42S/c1-7-18(4)20(12-10-11-19(20)15-17(2)3)16-21(5,6)13-8-9-14-21/h17-19,21H,7-16H2,1-6H3. The summed E-state index contributed by atoms with van der Waals surface area (Å²) < 4.78 is 0. The van der Waals surface area contributed by atoms with Crippen LogP contribution in [0.1, 0.15) is 72.6 Å². The highest BCUT2D eigenvalue weighted by Crippen LogP contribution is 2.73. The highest BCUT2D eigenvalue weighted by molar-refractivity contribution is 8.48. The summed E-state index contributed by atoms with van der Waals surface area (Å²) in [6, 6.07) is 0. The van der Waals surface area contributed by atoms with E-state index in [-0.39, 0.29) is 0 Å². The molecule has 0 nitrogen and oxygen atoms in total. The minimum Gasteiger partial charge on any atom is -0.287 e. The number of rotatable bonds is 6. The molecule has 2 fully saturated rings. The first-order valence-corrected chi connectivity index (χ1v) is 13.4. The van der Waals surface area contributed by atoms with E-state index in [2.05, 4.69) is 40.2 Å². The summed E-state index contributed by atoms with van der Waals surface area (Å²) >= 11 is 0. The molecule has 1 saturated heterocycles. The van der Waals surface area contributed by atoms with Crippen molar-refractivity contribution in [1.29, 1.82) is 0 Å². The van der Waals surface area contributed by atoms with Gasteiger partial charge in [0.2, 0.25) is 0 Å². The van der Waals surface area contributed by atoms with Crippen molar-refractivity contribution in [3.8, 4) is 0 Å². The second-order valence-corrected chi connectivity index (χ2v) is 17.3. The summed E-state index contributed by atoms with van der Waals surface area (Å²) in [5.74, 6) is 7.65. The third-order valence-corrected chi connectivity index (χ3v) is 12.6. The first-order chi connectivity index (χ1) is 9.70. The zero-order valence-corrected chi connectivity index (χ0v) is 16.6. The van der Waals surface area contributed by atoms with Gasteiger partial charge in [0, 0.05) is 0 Å². The van der Waals surface area contributed by atoms with E-state index in [0.717, 1.165) is 17.8 Å². The smallest absolute Gasteiger partial charge is 0.0181 e. The Morgan fingerprint density at radius 2 is 1.67 bits per heavy atom. The van der Waals surface area contributed by atoms with E-state index in [1.54, 1.807) is 23.7 Å². The van der Waals surface area contributed by atoms with Crippen LogP contribution in [0, 0.1) is 23.2 Å². The molecule has 0 aromatic heterocycles. The van der Waals surface area contributed by atoms with Gasteiger partial charge in [-0.25, -0.2) is 0 Å². The normalized spacial score (nSPS) is 38.2. The Kier molecular flexibility index (Phi) is 5.14. The molecule has 3 atom stereocenters. The van der Waals surface area contributed by atoms with Gasteiger partial charge >= 0.3 is 0 Å². The third-order valence-electron chi connectivity index (χ3n) is 7.28. The molecule has 2 aliphatic rings. The first kappa shape index (κ1) is 17.7. The first-order valence-electron chi connectivity index (χ1n) is 9.70. The summed E-state index contributed by atoms with van der Waals surface area (Å²) in [5.41, 5.74) is 0.699. The molecule has 3 unspecified atom stereocenters. The Hall–Kier alpha value is 0.350. The van der Waals surface area contributed by atoms with E-state index in [1.807, 2.05) is 0 Å². The van der Waals surface area contributed by atoms with Crippen LogP contribution in [0.25, 0.3) is 0 Å². The van der Waals surface area contributed by atoms with Crippen LogP contribution in [0.4, 0.5) is 0 Å². The lowest BCUT2D eigenvalue weighted by Crippen LogP contribution is -2.43. The van der Waals surface area contributed by atoms with Crippen LogP contribution in [-0.4, -0.2) is 29.8 Å². The van der Waals surface area contributed by atoms with Crippen molar-refractivity contribution in [2.45, 2.75) is 72.6 Å².